The second kappa shape index (κ2) is 5.49. The maximum Gasteiger partial charge on any atom is 0.227 e. The summed E-state index contributed by atoms with van der Waals surface area (Å²) in [6, 6.07) is 6.40. The van der Waals surface area contributed by atoms with Crippen molar-refractivity contribution in [1.29, 1.82) is 0 Å². The average molecular weight is 338 g/mol. The molecule has 0 saturated carbocycles. The van der Waals surface area contributed by atoms with Crippen LogP contribution in [-0.2, 0) is 16.0 Å². The zero-order valence-electron chi connectivity index (χ0n) is 11.9. The predicted octanol–water partition coefficient (Wildman–Crippen LogP) is 3.60. The number of aryl methyl sites for hydroxylation is 1. The first kappa shape index (κ1) is 14.1. The first-order valence-corrected chi connectivity index (χ1v) is 8.16. The minimum atomic E-state index is 0.202. The third kappa shape index (κ3) is 2.51. The Bertz CT molecular complexity index is 531. The third-order valence-corrected chi connectivity index (χ3v) is 5.48. The van der Waals surface area contributed by atoms with Gasteiger partial charge in [0.05, 0.1) is 17.0 Å². The highest BCUT2D eigenvalue weighted by Crippen LogP contribution is 2.38. The maximum absolute atomic E-state index is 11.7. The van der Waals surface area contributed by atoms with E-state index in [2.05, 4.69) is 41.1 Å². The van der Waals surface area contributed by atoms with Crippen LogP contribution in [0, 0.1) is 0 Å². The zero-order chi connectivity index (χ0) is 14.3. The molecule has 0 N–H and O–H groups in total. The normalized spacial score (nSPS) is 27.6. The van der Waals surface area contributed by atoms with E-state index >= 15 is 0 Å². The van der Waals surface area contributed by atoms with Crippen LogP contribution in [0.25, 0.3) is 0 Å². The van der Waals surface area contributed by atoms with E-state index in [0.717, 1.165) is 24.9 Å². The number of hydrogen-bond acceptors (Lipinski definition) is 2. The van der Waals surface area contributed by atoms with Crippen LogP contribution < -0.4 is 4.90 Å². The van der Waals surface area contributed by atoms with Gasteiger partial charge < -0.3 is 9.64 Å². The maximum atomic E-state index is 11.7. The molecule has 1 amide bonds. The third-order valence-electron chi connectivity index (χ3n) is 4.36. The Hall–Kier alpha value is -0.870. The second-order valence-electron chi connectivity index (χ2n) is 5.81. The van der Waals surface area contributed by atoms with Crippen LogP contribution in [0.15, 0.2) is 18.2 Å². The lowest BCUT2D eigenvalue weighted by Gasteiger charge is -2.27. The van der Waals surface area contributed by atoms with Gasteiger partial charge in [-0.2, -0.15) is 0 Å². The lowest BCUT2D eigenvalue weighted by Crippen LogP contribution is -2.31. The van der Waals surface area contributed by atoms with Gasteiger partial charge in [0.15, 0.2) is 0 Å². The molecule has 3 nitrogen and oxygen atoms in total. The number of ether oxygens (including phenoxy) is 1. The molecule has 1 fully saturated rings. The number of carbonyl (C=O) groups excluding carboxylic acids is 1. The number of halogens is 1. The SMILES string of the molecule is CC1CCC(C(Br)c2ccc3c(c2)CCC(=O)N3C)O1. The van der Waals surface area contributed by atoms with E-state index in [9.17, 15) is 4.79 Å². The molecule has 4 heteroatoms. The number of rotatable bonds is 2. The van der Waals surface area contributed by atoms with Crippen molar-refractivity contribution in [3.63, 3.8) is 0 Å². The fraction of sp³-hybridized carbons (Fsp3) is 0.562. The molecule has 3 unspecified atom stereocenters. The Morgan fingerprint density at radius 2 is 2.15 bits per heavy atom. The molecular formula is C16H20BrNO2. The van der Waals surface area contributed by atoms with Crippen LogP contribution in [0.5, 0.6) is 0 Å². The summed E-state index contributed by atoms with van der Waals surface area (Å²) >= 11 is 3.79. The molecule has 108 valence electrons. The lowest BCUT2D eigenvalue weighted by molar-refractivity contribution is -0.118. The number of amides is 1. The second-order valence-corrected chi connectivity index (χ2v) is 6.79. The Balaban J connectivity index is 1.83. The summed E-state index contributed by atoms with van der Waals surface area (Å²) < 4.78 is 5.95. The molecular weight excluding hydrogens is 318 g/mol. The van der Waals surface area contributed by atoms with Crippen LogP contribution in [0.4, 0.5) is 5.69 Å². The Morgan fingerprint density at radius 3 is 2.85 bits per heavy atom. The molecule has 20 heavy (non-hydrogen) atoms. The molecule has 1 aromatic rings. The molecule has 2 aliphatic heterocycles. The fourth-order valence-electron chi connectivity index (χ4n) is 3.11. The van der Waals surface area contributed by atoms with Crippen LogP contribution >= 0.6 is 15.9 Å². The first-order chi connectivity index (χ1) is 9.56. The summed E-state index contributed by atoms with van der Waals surface area (Å²) in [6.07, 6.45) is 4.30. The Labute approximate surface area is 128 Å². The molecule has 0 radical (unpaired) electrons. The van der Waals surface area contributed by atoms with Gasteiger partial charge in [-0.1, -0.05) is 28.1 Å². The standard InChI is InChI=1S/C16H20BrNO2/c1-10-3-7-14(20-10)16(17)12-4-6-13-11(9-12)5-8-15(19)18(13)2/h4,6,9-10,14,16H,3,5,7-8H2,1-2H3. The number of anilines is 1. The van der Waals surface area contributed by atoms with Gasteiger partial charge >= 0.3 is 0 Å². The van der Waals surface area contributed by atoms with Gasteiger partial charge in [-0.3, -0.25) is 4.79 Å². The predicted molar refractivity (Wildman–Crippen MR) is 83.4 cm³/mol. The number of alkyl halides is 1. The van der Waals surface area contributed by atoms with E-state index in [-0.39, 0.29) is 16.8 Å². The first-order valence-electron chi connectivity index (χ1n) is 7.25. The van der Waals surface area contributed by atoms with Gasteiger partial charge in [0.1, 0.15) is 0 Å². The van der Waals surface area contributed by atoms with E-state index in [0.29, 0.717) is 12.5 Å². The van der Waals surface area contributed by atoms with Crippen LogP contribution in [0.2, 0.25) is 0 Å². The zero-order valence-corrected chi connectivity index (χ0v) is 13.5. The van der Waals surface area contributed by atoms with Gasteiger partial charge in [0.2, 0.25) is 5.91 Å². The van der Waals surface area contributed by atoms with Crippen molar-refractivity contribution in [2.45, 2.75) is 49.6 Å². The van der Waals surface area contributed by atoms with Gasteiger partial charge in [-0.25, -0.2) is 0 Å². The topological polar surface area (TPSA) is 29.5 Å². The molecule has 0 aliphatic carbocycles. The van der Waals surface area contributed by atoms with Gasteiger partial charge in [-0.15, -0.1) is 0 Å². The largest absolute Gasteiger partial charge is 0.374 e. The summed E-state index contributed by atoms with van der Waals surface area (Å²) in [5, 5.41) is 0. The van der Waals surface area contributed by atoms with Crippen molar-refractivity contribution in [3.8, 4) is 0 Å². The van der Waals surface area contributed by atoms with Crippen molar-refractivity contribution in [2.75, 3.05) is 11.9 Å². The Kier molecular flexibility index (Phi) is 3.87. The summed E-state index contributed by atoms with van der Waals surface area (Å²) in [5.74, 6) is 0.202. The summed E-state index contributed by atoms with van der Waals surface area (Å²) in [4.78, 5) is 13.7. The minimum Gasteiger partial charge on any atom is -0.374 e. The molecule has 0 spiro atoms. The van der Waals surface area contributed by atoms with Gasteiger partial charge in [0, 0.05) is 19.2 Å². The highest BCUT2D eigenvalue weighted by atomic mass is 79.9. The number of fused-ring (bicyclic) bond motifs is 1. The molecule has 2 heterocycles. The minimum absolute atomic E-state index is 0.202. The molecule has 3 atom stereocenters. The summed E-state index contributed by atoms with van der Waals surface area (Å²) in [7, 11) is 1.85. The van der Waals surface area contributed by atoms with Gasteiger partial charge in [-0.05, 0) is 43.4 Å². The van der Waals surface area contributed by atoms with Crippen molar-refractivity contribution < 1.29 is 9.53 Å². The monoisotopic (exact) mass is 337 g/mol. The number of hydrogen-bond donors (Lipinski definition) is 0. The van der Waals surface area contributed by atoms with E-state index in [1.165, 1.54) is 11.1 Å². The van der Waals surface area contributed by atoms with E-state index in [1.807, 2.05) is 7.05 Å². The smallest absolute Gasteiger partial charge is 0.227 e. The lowest BCUT2D eigenvalue weighted by atomic mass is 9.96. The molecule has 1 aromatic carbocycles. The van der Waals surface area contributed by atoms with E-state index < -0.39 is 0 Å². The average Bonchev–Trinajstić information content (AvgIpc) is 2.88. The molecule has 3 rings (SSSR count). The van der Waals surface area contributed by atoms with Crippen LogP contribution in [-0.4, -0.2) is 25.2 Å². The van der Waals surface area contributed by atoms with E-state index in [1.54, 1.807) is 4.90 Å². The number of carbonyl (C=O) groups is 1. The van der Waals surface area contributed by atoms with Crippen LogP contribution in [0.1, 0.15) is 42.1 Å². The summed E-state index contributed by atoms with van der Waals surface area (Å²) in [5.41, 5.74) is 3.57. The molecule has 2 aliphatic rings. The quantitative estimate of drug-likeness (QED) is 0.771. The highest BCUT2D eigenvalue weighted by molar-refractivity contribution is 9.09. The number of benzene rings is 1. The van der Waals surface area contributed by atoms with Crippen molar-refractivity contribution in [2.24, 2.45) is 0 Å². The van der Waals surface area contributed by atoms with E-state index in [4.69, 9.17) is 4.74 Å². The van der Waals surface area contributed by atoms with Crippen molar-refractivity contribution in [3.05, 3.63) is 29.3 Å². The fourth-order valence-corrected chi connectivity index (χ4v) is 3.79. The highest BCUT2D eigenvalue weighted by Gasteiger charge is 2.30. The summed E-state index contributed by atoms with van der Waals surface area (Å²) in [6.45, 7) is 2.13. The van der Waals surface area contributed by atoms with Crippen LogP contribution in [0.3, 0.4) is 0 Å². The molecule has 1 saturated heterocycles. The Morgan fingerprint density at radius 1 is 1.35 bits per heavy atom. The molecule has 0 aromatic heterocycles. The molecule has 0 bridgehead atoms. The van der Waals surface area contributed by atoms with Gasteiger partial charge in [0.25, 0.3) is 0 Å². The van der Waals surface area contributed by atoms with Crippen molar-refractivity contribution >= 4 is 27.5 Å². The number of nitrogens with zero attached hydrogens (tertiary/aromatic N) is 1. The van der Waals surface area contributed by atoms with Crippen molar-refractivity contribution in [1.82, 2.24) is 0 Å².